The maximum atomic E-state index is 12.7. The van der Waals surface area contributed by atoms with E-state index >= 15 is 0 Å². The van der Waals surface area contributed by atoms with Crippen molar-refractivity contribution in [3.8, 4) is 0 Å². The fourth-order valence-electron chi connectivity index (χ4n) is 2.74. The van der Waals surface area contributed by atoms with Gasteiger partial charge in [-0.15, -0.1) is 0 Å². The zero-order chi connectivity index (χ0) is 16.6. The van der Waals surface area contributed by atoms with Gasteiger partial charge in [0.1, 0.15) is 5.69 Å². The molecule has 1 heterocycles. The highest BCUT2D eigenvalue weighted by Crippen LogP contribution is 2.35. The first kappa shape index (κ1) is 15.3. The number of halogens is 3. The molecule has 1 aromatic carbocycles. The highest BCUT2D eigenvalue weighted by molar-refractivity contribution is 5.63. The zero-order valence-electron chi connectivity index (χ0n) is 11.9. The Hall–Kier alpha value is -2.58. The Morgan fingerprint density at radius 1 is 1.39 bits per heavy atom. The summed E-state index contributed by atoms with van der Waals surface area (Å²) in [6, 6.07) is 2.44. The minimum absolute atomic E-state index is 0.0875. The summed E-state index contributed by atoms with van der Waals surface area (Å²) in [5, 5.41) is 20.9. The van der Waals surface area contributed by atoms with Crippen LogP contribution in [0.15, 0.2) is 24.4 Å². The Morgan fingerprint density at radius 3 is 2.87 bits per heavy atom. The van der Waals surface area contributed by atoms with Gasteiger partial charge in [-0.05, 0) is 37.0 Å². The average molecular weight is 326 g/mol. The highest BCUT2D eigenvalue weighted by atomic mass is 19.4. The fourth-order valence-corrected chi connectivity index (χ4v) is 2.74. The summed E-state index contributed by atoms with van der Waals surface area (Å²) in [5.41, 5.74) is 0.543. The number of hydrogen-bond acceptors (Lipinski definition) is 4. The van der Waals surface area contributed by atoms with Crippen molar-refractivity contribution in [1.29, 1.82) is 0 Å². The molecule has 2 aromatic rings. The van der Waals surface area contributed by atoms with Gasteiger partial charge < -0.3 is 5.32 Å². The van der Waals surface area contributed by atoms with Crippen molar-refractivity contribution in [3.63, 3.8) is 0 Å². The van der Waals surface area contributed by atoms with Crippen LogP contribution in [0.4, 0.5) is 24.5 Å². The summed E-state index contributed by atoms with van der Waals surface area (Å²) in [6.45, 7) is 0. The average Bonchev–Trinajstić information content (AvgIpc) is 2.93. The van der Waals surface area contributed by atoms with E-state index in [1.54, 1.807) is 6.20 Å². The molecule has 0 radical (unpaired) electrons. The number of nitrogens with one attached hydrogen (secondary N) is 2. The lowest BCUT2D eigenvalue weighted by Crippen LogP contribution is -2.27. The molecule has 0 fully saturated rings. The topological polar surface area (TPSA) is 83.9 Å². The van der Waals surface area contributed by atoms with Gasteiger partial charge in [-0.25, -0.2) is 0 Å². The molecule has 9 heteroatoms. The molecule has 1 atom stereocenters. The predicted molar refractivity (Wildman–Crippen MR) is 76.1 cm³/mol. The Morgan fingerprint density at radius 2 is 2.17 bits per heavy atom. The SMILES string of the molecule is O=[N+]([O-])c1cc(C(F)(F)F)ccc1NC1CCc2[nH]ncc2C1. The molecule has 0 amide bonds. The standard InChI is InChI=1S/C14H13F3N4O2/c15-14(16,17)9-1-3-12(13(6-9)21(22)23)19-10-2-4-11-8(5-10)7-18-20-11/h1,3,6-7,10,19H,2,4-5H2,(H,18,20). The minimum atomic E-state index is -4.61. The van der Waals surface area contributed by atoms with E-state index in [9.17, 15) is 23.3 Å². The van der Waals surface area contributed by atoms with Crippen LogP contribution in [0.2, 0.25) is 0 Å². The summed E-state index contributed by atoms with van der Waals surface area (Å²) in [5.74, 6) is 0. The van der Waals surface area contributed by atoms with E-state index in [2.05, 4.69) is 15.5 Å². The Bertz CT molecular complexity index is 742. The van der Waals surface area contributed by atoms with Crippen molar-refractivity contribution in [1.82, 2.24) is 10.2 Å². The van der Waals surface area contributed by atoms with Gasteiger partial charge >= 0.3 is 6.18 Å². The van der Waals surface area contributed by atoms with E-state index in [0.29, 0.717) is 18.9 Å². The first-order valence-corrected chi connectivity index (χ1v) is 6.98. The van der Waals surface area contributed by atoms with Gasteiger partial charge in [0.15, 0.2) is 0 Å². The van der Waals surface area contributed by atoms with Crippen LogP contribution in [0.25, 0.3) is 0 Å². The van der Waals surface area contributed by atoms with Crippen molar-refractivity contribution in [2.45, 2.75) is 31.5 Å². The maximum absolute atomic E-state index is 12.7. The minimum Gasteiger partial charge on any atom is -0.376 e. The molecule has 0 saturated heterocycles. The number of rotatable bonds is 3. The number of H-pyrrole nitrogens is 1. The molecule has 2 N–H and O–H groups in total. The lowest BCUT2D eigenvalue weighted by atomic mass is 9.93. The zero-order valence-corrected chi connectivity index (χ0v) is 11.9. The van der Waals surface area contributed by atoms with Crippen molar-refractivity contribution in [3.05, 3.63) is 51.3 Å². The Balaban J connectivity index is 1.84. The molecule has 6 nitrogen and oxygen atoms in total. The van der Waals surface area contributed by atoms with Crippen molar-refractivity contribution in [2.75, 3.05) is 5.32 Å². The van der Waals surface area contributed by atoms with E-state index in [1.807, 2.05) is 0 Å². The molecule has 1 aliphatic carbocycles. The molecule has 0 bridgehead atoms. The lowest BCUT2D eigenvalue weighted by molar-refractivity contribution is -0.384. The number of hydrogen-bond donors (Lipinski definition) is 2. The second-order valence-corrected chi connectivity index (χ2v) is 5.44. The molecule has 1 aliphatic rings. The van der Waals surface area contributed by atoms with Crippen molar-refractivity contribution >= 4 is 11.4 Å². The first-order chi connectivity index (χ1) is 10.8. The van der Waals surface area contributed by atoms with Gasteiger partial charge in [0.25, 0.3) is 5.69 Å². The molecule has 122 valence electrons. The number of aryl methyl sites for hydroxylation is 1. The molecule has 0 saturated carbocycles. The summed E-state index contributed by atoms with van der Waals surface area (Å²) in [4.78, 5) is 10.3. The first-order valence-electron chi connectivity index (χ1n) is 6.98. The van der Waals surface area contributed by atoms with Gasteiger partial charge in [-0.2, -0.15) is 18.3 Å². The fraction of sp³-hybridized carbons (Fsp3) is 0.357. The molecule has 1 aromatic heterocycles. The van der Waals surface area contributed by atoms with Crippen LogP contribution in [0, 0.1) is 10.1 Å². The number of alkyl halides is 3. The molecular weight excluding hydrogens is 313 g/mol. The number of anilines is 1. The van der Waals surface area contributed by atoms with Crippen LogP contribution in [0.1, 0.15) is 23.2 Å². The van der Waals surface area contributed by atoms with Gasteiger partial charge in [-0.3, -0.25) is 15.2 Å². The summed E-state index contributed by atoms with van der Waals surface area (Å²) in [6.07, 6.45) is -0.844. The largest absolute Gasteiger partial charge is 0.416 e. The number of benzene rings is 1. The van der Waals surface area contributed by atoms with Crippen LogP contribution in [0.5, 0.6) is 0 Å². The number of nitro groups is 1. The second kappa shape index (κ2) is 5.56. The number of nitro benzene ring substituents is 1. The number of fused-ring (bicyclic) bond motifs is 1. The van der Waals surface area contributed by atoms with Gasteiger partial charge in [0.05, 0.1) is 16.7 Å². The normalized spacial score (nSPS) is 17.6. The quantitative estimate of drug-likeness (QED) is 0.669. The Labute approximate surface area is 128 Å². The van der Waals surface area contributed by atoms with Gasteiger partial charge in [0, 0.05) is 17.8 Å². The maximum Gasteiger partial charge on any atom is 0.416 e. The molecule has 23 heavy (non-hydrogen) atoms. The van der Waals surface area contributed by atoms with Crippen LogP contribution in [-0.2, 0) is 19.0 Å². The van der Waals surface area contributed by atoms with Crippen molar-refractivity contribution < 1.29 is 18.1 Å². The summed E-state index contributed by atoms with van der Waals surface area (Å²) in [7, 11) is 0. The lowest BCUT2D eigenvalue weighted by Gasteiger charge is -2.24. The predicted octanol–water partition coefficient (Wildman–Crippen LogP) is 3.31. The number of aromatic nitrogens is 2. The van der Waals surface area contributed by atoms with Crippen LogP contribution < -0.4 is 5.32 Å². The Kier molecular flexibility index (Phi) is 3.70. The monoisotopic (exact) mass is 326 g/mol. The third-order valence-corrected chi connectivity index (χ3v) is 3.90. The summed E-state index contributed by atoms with van der Waals surface area (Å²) < 4.78 is 38.1. The van der Waals surface area contributed by atoms with E-state index in [1.165, 1.54) is 0 Å². The van der Waals surface area contributed by atoms with Crippen LogP contribution >= 0.6 is 0 Å². The van der Waals surface area contributed by atoms with Gasteiger partial charge in [-0.1, -0.05) is 0 Å². The molecule has 0 spiro atoms. The molecule has 1 unspecified atom stereocenters. The van der Waals surface area contributed by atoms with E-state index in [-0.39, 0.29) is 11.7 Å². The second-order valence-electron chi connectivity index (χ2n) is 5.44. The van der Waals surface area contributed by atoms with Crippen LogP contribution in [0.3, 0.4) is 0 Å². The molecular formula is C14H13F3N4O2. The van der Waals surface area contributed by atoms with E-state index in [0.717, 1.165) is 29.8 Å². The molecule has 3 rings (SSSR count). The van der Waals surface area contributed by atoms with E-state index < -0.39 is 22.4 Å². The van der Waals surface area contributed by atoms with E-state index in [4.69, 9.17) is 0 Å². The van der Waals surface area contributed by atoms with Crippen molar-refractivity contribution in [2.24, 2.45) is 0 Å². The molecule has 0 aliphatic heterocycles. The number of aromatic amines is 1. The smallest absolute Gasteiger partial charge is 0.376 e. The van der Waals surface area contributed by atoms with Gasteiger partial charge in [0.2, 0.25) is 0 Å². The van der Waals surface area contributed by atoms with Crippen LogP contribution in [-0.4, -0.2) is 21.2 Å². The third-order valence-electron chi connectivity index (χ3n) is 3.90. The highest BCUT2D eigenvalue weighted by Gasteiger charge is 2.33. The number of nitrogens with zero attached hydrogens (tertiary/aromatic N) is 2. The summed E-state index contributed by atoms with van der Waals surface area (Å²) >= 11 is 0. The third kappa shape index (κ3) is 3.13.